The minimum Gasteiger partial charge on any atom is -0.444 e. The SMILES string of the molecule is CC(C)(C)OC(=O)N1CCN(c2ncc(C#N)s2)CC1. The largest absolute Gasteiger partial charge is 0.444 e. The Morgan fingerprint density at radius 3 is 2.55 bits per heavy atom. The Labute approximate surface area is 122 Å². The van der Waals surface area contributed by atoms with Gasteiger partial charge in [0.1, 0.15) is 16.5 Å². The molecule has 1 aromatic rings. The van der Waals surface area contributed by atoms with Gasteiger partial charge in [-0.25, -0.2) is 9.78 Å². The number of thiazole rings is 1. The van der Waals surface area contributed by atoms with Crippen LogP contribution in [-0.2, 0) is 4.74 Å². The number of piperazine rings is 1. The first kappa shape index (κ1) is 14.6. The lowest BCUT2D eigenvalue weighted by atomic mass is 10.2. The molecular formula is C13H18N4O2S. The Balaban J connectivity index is 1.89. The highest BCUT2D eigenvalue weighted by molar-refractivity contribution is 7.16. The number of hydrogen-bond acceptors (Lipinski definition) is 6. The topological polar surface area (TPSA) is 69.5 Å². The summed E-state index contributed by atoms with van der Waals surface area (Å²) in [6, 6.07) is 2.08. The summed E-state index contributed by atoms with van der Waals surface area (Å²) in [5, 5.41) is 9.64. The highest BCUT2D eigenvalue weighted by Gasteiger charge is 2.26. The fourth-order valence-electron chi connectivity index (χ4n) is 1.87. The number of nitriles is 1. The van der Waals surface area contributed by atoms with Gasteiger partial charge < -0.3 is 14.5 Å². The molecule has 20 heavy (non-hydrogen) atoms. The van der Waals surface area contributed by atoms with Crippen LogP contribution in [-0.4, -0.2) is 47.8 Å². The Morgan fingerprint density at radius 2 is 2.05 bits per heavy atom. The number of amides is 1. The van der Waals surface area contributed by atoms with Gasteiger partial charge in [-0.15, -0.1) is 0 Å². The number of anilines is 1. The normalized spacial score (nSPS) is 15.9. The Bertz CT molecular complexity index is 521. The lowest BCUT2D eigenvalue weighted by Crippen LogP contribution is -2.50. The molecule has 108 valence electrons. The van der Waals surface area contributed by atoms with Crippen molar-refractivity contribution in [2.75, 3.05) is 31.1 Å². The predicted octanol–water partition coefficient (Wildman–Crippen LogP) is 2.07. The van der Waals surface area contributed by atoms with Crippen molar-refractivity contribution in [3.63, 3.8) is 0 Å². The molecule has 1 aromatic heterocycles. The first-order chi connectivity index (χ1) is 9.39. The number of aromatic nitrogens is 1. The second-order valence-electron chi connectivity index (χ2n) is 5.57. The van der Waals surface area contributed by atoms with Crippen molar-refractivity contribution in [1.82, 2.24) is 9.88 Å². The maximum absolute atomic E-state index is 11.9. The van der Waals surface area contributed by atoms with E-state index in [2.05, 4.69) is 16.0 Å². The van der Waals surface area contributed by atoms with E-state index in [9.17, 15) is 4.79 Å². The van der Waals surface area contributed by atoms with E-state index < -0.39 is 5.60 Å². The Morgan fingerprint density at radius 1 is 1.40 bits per heavy atom. The van der Waals surface area contributed by atoms with Gasteiger partial charge in [-0.1, -0.05) is 11.3 Å². The summed E-state index contributed by atoms with van der Waals surface area (Å²) in [6.07, 6.45) is 1.31. The third-order valence-corrected chi connectivity index (χ3v) is 3.77. The van der Waals surface area contributed by atoms with E-state index in [0.717, 1.165) is 5.13 Å². The quantitative estimate of drug-likeness (QED) is 0.793. The Hall–Kier alpha value is -1.81. The van der Waals surface area contributed by atoms with Crippen LogP contribution in [0.4, 0.5) is 9.93 Å². The zero-order chi connectivity index (χ0) is 14.8. The first-order valence-corrected chi connectivity index (χ1v) is 7.29. The zero-order valence-corrected chi connectivity index (χ0v) is 12.7. The molecule has 1 amide bonds. The summed E-state index contributed by atoms with van der Waals surface area (Å²) in [6.45, 7) is 8.21. The van der Waals surface area contributed by atoms with E-state index >= 15 is 0 Å². The van der Waals surface area contributed by atoms with Gasteiger partial charge in [0.05, 0.1) is 6.20 Å². The van der Waals surface area contributed by atoms with Crippen LogP contribution in [0.5, 0.6) is 0 Å². The average molecular weight is 294 g/mol. The average Bonchev–Trinajstić information content (AvgIpc) is 2.85. The van der Waals surface area contributed by atoms with Gasteiger partial charge in [0, 0.05) is 26.2 Å². The third-order valence-electron chi connectivity index (χ3n) is 2.81. The summed E-state index contributed by atoms with van der Waals surface area (Å²) in [5.41, 5.74) is -0.467. The van der Waals surface area contributed by atoms with E-state index in [1.165, 1.54) is 11.3 Å². The molecule has 7 heteroatoms. The second-order valence-corrected chi connectivity index (χ2v) is 6.58. The number of hydrogen-bond donors (Lipinski definition) is 0. The molecule has 1 fully saturated rings. The maximum atomic E-state index is 11.9. The monoisotopic (exact) mass is 294 g/mol. The minimum atomic E-state index is -0.467. The molecule has 2 heterocycles. The lowest BCUT2D eigenvalue weighted by molar-refractivity contribution is 0.0240. The lowest BCUT2D eigenvalue weighted by Gasteiger charge is -2.35. The molecule has 6 nitrogen and oxygen atoms in total. The molecule has 2 rings (SSSR count). The molecule has 0 aromatic carbocycles. The van der Waals surface area contributed by atoms with Crippen molar-refractivity contribution in [2.24, 2.45) is 0 Å². The van der Waals surface area contributed by atoms with E-state index in [1.807, 2.05) is 20.8 Å². The fraction of sp³-hybridized carbons (Fsp3) is 0.615. The van der Waals surface area contributed by atoms with Gasteiger partial charge in [-0.05, 0) is 20.8 Å². The van der Waals surface area contributed by atoms with Crippen LogP contribution in [0.3, 0.4) is 0 Å². The molecule has 0 bridgehead atoms. The number of carbonyl (C=O) groups is 1. The summed E-state index contributed by atoms with van der Waals surface area (Å²) in [5.74, 6) is 0. The van der Waals surface area contributed by atoms with Crippen LogP contribution in [0.25, 0.3) is 0 Å². The summed E-state index contributed by atoms with van der Waals surface area (Å²) >= 11 is 1.38. The van der Waals surface area contributed by atoms with Crippen LogP contribution in [0.1, 0.15) is 25.6 Å². The van der Waals surface area contributed by atoms with E-state index in [4.69, 9.17) is 10.00 Å². The van der Waals surface area contributed by atoms with Crippen LogP contribution in [0.15, 0.2) is 6.20 Å². The molecule has 1 saturated heterocycles. The van der Waals surface area contributed by atoms with Crippen LogP contribution < -0.4 is 4.90 Å². The van der Waals surface area contributed by atoms with Crippen molar-refractivity contribution < 1.29 is 9.53 Å². The molecule has 0 spiro atoms. The molecule has 0 radical (unpaired) electrons. The number of rotatable bonds is 1. The molecule has 0 atom stereocenters. The number of carbonyl (C=O) groups excluding carboxylic acids is 1. The smallest absolute Gasteiger partial charge is 0.410 e. The molecule has 1 aliphatic rings. The maximum Gasteiger partial charge on any atom is 0.410 e. The third kappa shape index (κ3) is 3.61. The number of ether oxygens (including phenoxy) is 1. The van der Waals surface area contributed by atoms with E-state index in [1.54, 1.807) is 11.1 Å². The van der Waals surface area contributed by atoms with Gasteiger partial charge in [0.15, 0.2) is 5.13 Å². The second kappa shape index (κ2) is 5.67. The highest BCUT2D eigenvalue weighted by atomic mass is 32.1. The summed E-state index contributed by atoms with van der Waals surface area (Å²) in [7, 11) is 0. The molecule has 0 saturated carbocycles. The standard InChI is InChI=1S/C13H18N4O2S/c1-13(2,3)19-12(18)17-6-4-16(5-7-17)11-15-9-10(8-14)20-11/h9H,4-7H2,1-3H3. The predicted molar refractivity (Wildman–Crippen MR) is 76.8 cm³/mol. The molecular weight excluding hydrogens is 276 g/mol. The number of nitrogens with zero attached hydrogens (tertiary/aromatic N) is 4. The Kier molecular flexibility index (Phi) is 4.14. The van der Waals surface area contributed by atoms with Crippen molar-refractivity contribution >= 4 is 22.6 Å². The van der Waals surface area contributed by atoms with Crippen molar-refractivity contribution in [1.29, 1.82) is 5.26 Å². The fourth-order valence-corrected chi connectivity index (χ4v) is 2.63. The van der Waals surface area contributed by atoms with Gasteiger partial charge >= 0.3 is 6.09 Å². The van der Waals surface area contributed by atoms with Crippen LogP contribution in [0, 0.1) is 11.3 Å². The molecule has 1 aliphatic heterocycles. The van der Waals surface area contributed by atoms with Crippen molar-refractivity contribution in [2.45, 2.75) is 26.4 Å². The minimum absolute atomic E-state index is 0.269. The van der Waals surface area contributed by atoms with Gasteiger partial charge in [-0.3, -0.25) is 0 Å². The van der Waals surface area contributed by atoms with Crippen LogP contribution >= 0.6 is 11.3 Å². The van der Waals surface area contributed by atoms with Crippen molar-refractivity contribution in [3.8, 4) is 6.07 Å². The van der Waals surface area contributed by atoms with Crippen molar-refractivity contribution in [3.05, 3.63) is 11.1 Å². The zero-order valence-electron chi connectivity index (χ0n) is 11.9. The first-order valence-electron chi connectivity index (χ1n) is 6.48. The van der Waals surface area contributed by atoms with E-state index in [-0.39, 0.29) is 6.09 Å². The van der Waals surface area contributed by atoms with Crippen LogP contribution in [0.2, 0.25) is 0 Å². The van der Waals surface area contributed by atoms with Gasteiger partial charge in [0.2, 0.25) is 0 Å². The highest BCUT2D eigenvalue weighted by Crippen LogP contribution is 2.23. The van der Waals surface area contributed by atoms with Gasteiger partial charge in [0.25, 0.3) is 0 Å². The summed E-state index contributed by atoms with van der Waals surface area (Å²) in [4.78, 5) is 20.6. The molecule has 0 N–H and O–H groups in total. The van der Waals surface area contributed by atoms with E-state index in [0.29, 0.717) is 31.1 Å². The molecule has 0 aliphatic carbocycles. The van der Waals surface area contributed by atoms with Gasteiger partial charge in [-0.2, -0.15) is 5.26 Å². The summed E-state index contributed by atoms with van der Waals surface area (Å²) < 4.78 is 5.35. The molecule has 0 unspecified atom stereocenters.